The number of hydrogen-bond donors (Lipinski definition) is 2. The molecule has 0 aromatic heterocycles. The average Bonchev–Trinajstić information content (AvgIpc) is 2.61. The third-order valence-electron chi connectivity index (χ3n) is 4.24. The van der Waals surface area contributed by atoms with E-state index >= 15 is 0 Å². The highest BCUT2D eigenvalue weighted by molar-refractivity contribution is 9.10. The van der Waals surface area contributed by atoms with Crippen molar-refractivity contribution in [1.82, 2.24) is 5.32 Å². The SMILES string of the molecule is CC(C)(C)OC(=O)c1ccc(NC(=O)C2NCCc3c(Br)cccc32)cc1. The largest absolute Gasteiger partial charge is 0.456 e. The van der Waals surface area contributed by atoms with Gasteiger partial charge in [-0.2, -0.15) is 0 Å². The summed E-state index contributed by atoms with van der Waals surface area (Å²) in [5.74, 6) is -0.507. The van der Waals surface area contributed by atoms with Gasteiger partial charge in [0.05, 0.1) is 5.56 Å². The maximum absolute atomic E-state index is 12.8. The molecule has 0 bridgehead atoms. The van der Waals surface area contributed by atoms with E-state index in [2.05, 4.69) is 26.6 Å². The van der Waals surface area contributed by atoms with Gasteiger partial charge in [-0.3, -0.25) is 4.79 Å². The first-order chi connectivity index (χ1) is 12.7. The van der Waals surface area contributed by atoms with Crippen LogP contribution < -0.4 is 10.6 Å². The normalized spacial score (nSPS) is 16.4. The summed E-state index contributed by atoms with van der Waals surface area (Å²) >= 11 is 3.56. The van der Waals surface area contributed by atoms with Crippen LogP contribution in [0.2, 0.25) is 0 Å². The Balaban J connectivity index is 1.71. The number of hydrogen-bond acceptors (Lipinski definition) is 4. The molecular weight excluding hydrogens is 408 g/mol. The first-order valence-corrected chi connectivity index (χ1v) is 9.69. The van der Waals surface area contributed by atoms with E-state index in [-0.39, 0.29) is 11.9 Å². The predicted octanol–water partition coefficient (Wildman–Crippen LogP) is 4.23. The van der Waals surface area contributed by atoms with Gasteiger partial charge in [0.2, 0.25) is 5.91 Å². The number of fused-ring (bicyclic) bond motifs is 1. The molecule has 0 fully saturated rings. The van der Waals surface area contributed by atoms with Crippen LogP contribution in [-0.2, 0) is 16.0 Å². The van der Waals surface area contributed by atoms with Gasteiger partial charge in [-0.1, -0.05) is 28.1 Å². The highest BCUT2D eigenvalue weighted by atomic mass is 79.9. The highest BCUT2D eigenvalue weighted by Gasteiger charge is 2.27. The lowest BCUT2D eigenvalue weighted by Gasteiger charge is -2.27. The Bertz CT molecular complexity index is 857. The van der Waals surface area contributed by atoms with Gasteiger partial charge in [0.1, 0.15) is 11.6 Å². The molecule has 5 nitrogen and oxygen atoms in total. The van der Waals surface area contributed by atoms with Gasteiger partial charge in [0.15, 0.2) is 0 Å². The van der Waals surface area contributed by atoms with Gasteiger partial charge >= 0.3 is 5.97 Å². The van der Waals surface area contributed by atoms with Crippen molar-refractivity contribution in [2.45, 2.75) is 38.8 Å². The number of halogens is 1. The number of carbonyl (C=O) groups is 2. The highest BCUT2D eigenvalue weighted by Crippen LogP contribution is 2.29. The summed E-state index contributed by atoms with van der Waals surface area (Å²) < 4.78 is 6.38. The molecule has 1 atom stereocenters. The van der Waals surface area contributed by atoms with Crippen LogP contribution in [0.5, 0.6) is 0 Å². The van der Waals surface area contributed by atoms with Gasteiger partial charge in [0.25, 0.3) is 0 Å². The minimum absolute atomic E-state index is 0.126. The Morgan fingerprint density at radius 2 is 1.85 bits per heavy atom. The molecule has 1 amide bonds. The van der Waals surface area contributed by atoms with Gasteiger partial charge in [0, 0.05) is 16.7 Å². The van der Waals surface area contributed by atoms with Crippen molar-refractivity contribution < 1.29 is 14.3 Å². The number of rotatable bonds is 3. The minimum Gasteiger partial charge on any atom is -0.456 e. The van der Waals surface area contributed by atoms with Crippen LogP contribution in [0.15, 0.2) is 46.9 Å². The van der Waals surface area contributed by atoms with E-state index in [1.807, 2.05) is 39.0 Å². The Morgan fingerprint density at radius 1 is 1.15 bits per heavy atom. The van der Waals surface area contributed by atoms with Crippen LogP contribution >= 0.6 is 15.9 Å². The minimum atomic E-state index is -0.543. The first kappa shape index (κ1) is 19.6. The lowest BCUT2D eigenvalue weighted by Crippen LogP contribution is -2.38. The van der Waals surface area contributed by atoms with Gasteiger partial charge < -0.3 is 15.4 Å². The summed E-state index contributed by atoms with van der Waals surface area (Å²) in [6.07, 6.45) is 0.880. The third-order valence-corrected chi connectivity index (χ3v) is 4.98. The fourth-order valence-corrected chi connectivity index (χ4v) is 3.62. The molecule has 0 aliphatic carbocycles. The Kier molecular flexibility index (Phi) is 5.67. The fraction of sp³-hybridized carbons (Fsp3) is 0.333. The zero-order valence-electron chi connectivity index (χ0n) is 15.6. The van der Waals surface area contributed by atoms with Crippen LogP contribution in [0.25, 0.3) is 0 Å². The molecule has 1 heterocycles. The molecule has 0 radical (unpaired) electrons. The molecule has 6 heteroatoms. The van der Waals surface area contributed by atoms with Crippen molar-refractivity contribution in [1.29, 1.82) is 0 Å². The molecule has 142 valence electrons. The van der Waals surface area contributed by atoms with Crippen LogP contribution in [0, 0.1) is 0 Å². The number of benzene rings is 2. The van der Waals surface area contributed by atoms with Crippen LogP contribution in [0.1, 0.15) is 48.3 Å². The second-order valence-electron chi connectivity index (χ2n) is 7.51. The quantitative estimate of drug-likeness (QED) is 0.714. The third kappa shape index (κ3) is 4.76. The number of amides is 1. The molecule has 1 unspecified atom stereocenters. The molecule has 2 aromatic rings. The van der Waals surface area contributed by atoms with E-state index < -0.39 is 11.6 Å². The van der Waals surface area contributed by atoms with Gasteiger partial charge in [-0.25, -0.2) is 4.79 Å². The molecule has 3 rings (SSSR count). The van der Waals surface area contributed by atoms with Crippen molar-refractivity contribution in [3.63, 3.8) is 0 Å². The smallest absolute Gasteiger partial charge is 0.338 e. The molecular formula is C21H23BrN2O3. The Labute approximate surface area is 167 Å². The molecule has 1 aliphatic rings. The van der Waals surface area contributed by atoms with Gasteiger partial charge in [-0.05, 0) is 68.7 Å². The number of carbonyl (C=O) groups excluding carboxylic acids is 2. The summed E-state index contributed by atoms with van der Waals surface area (Å²) in [7, 11) is 0. The van der Waals surface area contributed by atoms with Crippen LogP contribution in [0.4, 0.5) is 5.69 Å². The van der Waals surface area contributed by atoms with Crippen LogP contribution in [0.3, 0.4) is 0 Å². The second kappa shape index (κ2) is 7.82. The molecule has 2 N–H and O–H groups in total. The Hall–Kier alpha value is -2.18. The van der Waals surface area contributed by atoms with Crippen molar-refractivity contribution in [3.05, 3.63) is 63.6 Å². The van der Waals surface area contributed by atoms with Crippen molar-refractivity contribution in [2.24, 2.45) is 0 Å². The standard InChI is InChI=1S/C21H23BrN2O3/c1-21(2,3)27-20(26)13-7-9-14(10-8-13)24-19(25)18-16-5-4-6-17(22)15(16)11-12-23-18/h4-10,18,23H,11-12H2,1-3H3,(H,24,25). The summed E-state index contributed by atoms with van der Waals surface area (Å²) in [5, 5.41) is 6.19. The van der Waals surface area contributed by atoms with Crippen molar-refractivity contribution >= 4 is 33.5 Å². The number of nitrogens with one attached hydrogen (secondary N) is 2. The fourth-order valence-electron chi connectivity index (χ4n) is 3.04. The first-order valence-electron chi connectivity index (χ1n) is 8.89. The maximum atomic E-state index is 12.8. The number of ether oxygens (including phenoxy) is 1. The average molecular weight is 431 g/mol. The van der Waals surface area contributed by atoms with Crippen molar-refractivity contribution in [2.75, 3.05) is 11.9 Å². The molecule has 0 saturated heterocycles. The second-order valence-corrected chi connectivity index (χ2v) is 8.37. The summed E-state index contributed by atoms with van der Waals surface area (Å²) in [6.45, 7) is 6.22. The van der Waals surface area contributed by atoms with Crippen LogP contribution in [-0.4, -0.2) is 24.0 Å². The Morgan fingerprint density at radius 3 is 2.52 bits per heavy atom. The summed E-state index contributed by atoms with van der Waals surface area (Å²) in [5.41, 5.74) is 2.69. The van der Waals surface area contributed by atoms with E-state index in [1.165, 1.54) is 0 Å². The zero-order chi connectivity index (χ0) is 19.6. The monoisotopic (exact) mass is 430 g/mol. The molecule has 0 spiro atoms. The lowest BCUT2D eigenvalue weighted by atomic mass is 9.94. The molecule has 1 aliphatic heterocycles. The topological polar surface area (TPSA) is 67.4 Å². The zero-order valence-corrected chi connectivity index (χ0v) is 17.2. The lowest BCUT2D eigenvalue weighted by molar-refractivity contribution is -0.118. The van der Waals surface area contributed by atoms with E-state index in [0.717, 1.165) is 28.6 Å². The van der Waals surface area contributed by atoms with E-state index in [0.29, 0.717) is 11.3 Å². The number of esters is 1. The molecule has 0 saturated carbocycles. The summed E-state index contributed by atoms with van der Waals surface area (Å²) in [6, 6.07) is 12.2. The maximum Gasteiger partial charge on any atom is 0.338 e. The van der Waals surface area contributed by atoms with E-state index in [4.69, 9.17) is 4.74 Å². The van der Waals surface area contributed by atoms with E-state index in [1.54, 1.807) is 24.3 Å². The predicted molar refractivity (Wildman–Crippen MR) is 109 cm³/mol. The van der Waals surface area contributed by atoms with E-state index in [9.17, 15) is 9.59 Å². The molecule has 27 heavy (non-hydrogen) atoms. The van der Waals surface area contributed by atoms with Crippen molar-refractivity contribution in [3.8, 4) is 0 Å². The van der Waals surface area contributed by atoms with Gasteiger partial charge in [-0.15, -0.1) is 0 Å². The molecule has 2 aromatic carbocycles. The summed E-state index contributed by atoms with van der Waals surface area (Å²) in [4.78, 5) is 24.9. The number of anilines is 1.